The fourth-order valence-corrected chi connectivity index (χ4v) is 5.88. The third-order valence-electron chi connectivity index (χ3n) is 6.58. The minimum Gasteiger partial charge on any atom is -0.497 e. The topological polar surface area (TPSA) is 79.0 Å². The molecule has 5 rings (SSSR count). The number of hydrogen-bond donors (Lipinski definition) is 1. The van der Waals surface area contributed by atoms with Gasteiger partial charge in [-0.15, -0.1) is 11.8 Å². The van der Waals surface area contributed by atoms with E-state index in [1.807, 2.05) is 30.3 Å². The third-order valence-corrected chi connectivity index (χ3v) is 7.82. The van der Waals surface area contributed by atoms with Gasteiger partial charge in [0.25, 0.3) is 5.91 Å². The second-order valence-corrected chi connectivity index (χ2v) is 9.89. The Morgan fingerprint density at radius 1 is 1.14 bits per heavy atom. The van der Waals surface area contributed by atoms with Crippen LogP contribution in [0.4, 0.5) is 9.18 Å². The minimum absolute atomic E-state index is 0.388. The van der Waals surface area contributed by atoms with Crippen LogP contribution in [0.3, 0.4) is 0 Å². The Morgan fingerprint density at radius 3 is 2.66 bits per heavy atom. The molecule has 4 amide bonds. The quantitative estimate of drug-likeness (QED) is 0.543. The van der Waals surface area contributed by atoms with Crippen LogP contribution in [0.5, 0.6) is 5.75 Å². The van der Waals surface area contributed by atoms with Crippen molar-refractivity contribution in [2.24, 2.45) is 0 Å². The fourth-order valence-electron chi connectivity index (χ4n) is 4.58. The van der Waals surface area contributed by atoms with Crippen molar-refractivity contribution in [2.45, 2.75) is 17.8 Å². The maximum Gasteiger partial charge on any atom is 0.325 e. The van der Waals surface area contributed by atoms with Crippen molar-refractivity contribution in [1.82, 2.24) is 15.1 Å². The number of urea groups is 1. The third kappa shape index (κ3) is 3.99. The lowest BCUT2D eigenvalue weighted by Crippen LogP contribution is -2.44. The number of nitrogens with zero attached hydrogens (tertiary/aromatic N) is 2. The Balaban J connectivity index is 1.37. The maximum atomic E-state index is 14.4. The van der Waals surface area contributed by atoms with Crippen molar-refractivity contribution >= 4 is 40.4 Å². The van der Waals surface area contributed by atoms with Crippen LogP contribution in [0.2, 0.25) is 0 Å². The largest absolute Gasteiger partial charge is 0.497 e. The van der Waals surface area contributed by atoms with Crippen molar-refractivity contribution < 1.29 is 23.5 Å². The van der Waals surface area contributed by atoms with Gasteiger partial charge in [-0.3, -0.25) is 14.5 Å². The Hall–Kier alpha value is -3.59. The maximum absolute atomic E-state index is 14.4. The number of methoxy groups -OCH3 is 1. The van der Waals surface area contributed by atoms with Crippen molar-refractivity contribution in [2.75, 3.05) is 26.0 Å². The SMILES string of the molecule is COc1ccc2cc([C@@]3(C)NC(=O)N(CC(=O)N4CCS[C@H]4c4ccccc4F)C3=O)ccc2c1. The molecule has 0 bridgehead atoms. The van der Waals surface area contributed by atoms with Crippen molar-refractivity contribution in [3.63, 3.8) is 0 Å². The Labute approximate surface area is 206 Å². The van der Waals surface area contributed by atoms with E-state index >= 15 is 0 Å². The van der Waals surface area contributed by atoms with E-state index in [9.17, 15) is 18.8 Å². The lowest BCUT2D eigenvalue weighted by molar-refractivity contribution is -0.139. The Kier molecular flexibility index (Phi) is 5.88. The molecule has 0 radical (unpaired) electrons. The first kappa shape index (κ1) is 23.2. The summed E-state index contributed by atoms with van der Waals surface area (Å²) in [6.45, 7) is 1.64. The summed E-state index contributed by atoms with van der Waals surface area (Å²) in [5.74, 6) is 0.0748. The lowest BCUT2D eigenvalue weighted by atomic mass is 9.90. The average Bonchev–Trinajstić information content (AvgIpc) is 3.43. The molecule has 0 saturated carbocycles. The molecule has 180 valence electrons. The van der Waals surface area contributed by atoms with E-state index in [0.29, 0.717) is 23.4 Å². The van der Waals surface area contributed by atoms with Crippen LogP contribution in [0.25, 0.3) is 10.8 Å². The average molecular weight is 494 g/mol. The molecule has 3 aromatic carbocycles. The number of carbonyl (C=O) groups excluding carboxylic acids is 3. The highest BCUT2D eigenvalue weighted by atomic mass is 32.2. The monoisotopic (exact) mass is 493 g/mol. The van der Waals surface area contributed by atoms with E-state index in [1.165, 1.54) is 22.7 Å². The second-order valence-electron chi connectivity index (χ2n) is 8.71. The first-order valence-corrected chi connectivity index (χ1v) is 12.2. The normalized spacial score (nSPS) is 22.1. The predicted octanol–water partition coefficient (Wildman–Crippen LogP) is 4.03. The summed E-state index contributed by atoms with van der Waals surface area (Å²) in [5.41, 5.74) is -0.279. The molecule has 2 heterocycles. The van der Waals surface area contributed by atoms with Gasteiger partial charge in [0.1, 0.15) is 29.0 Å². The van der Waals surface area contributed by atoms with Crippen LogP contribution in [-0.4, -0.2) is 53.6 Å². The summed E-state index contributed by atoms with van der Waals surface area (Å²) < 4.78 is 19.6. The molecule has 0 aliphatic carbocycles. The molecular formula is C26H24FN3O4S. The standard InChI is InChI=1S/C26H24FN3O4S/c1-26(18-9-7-17-14-19(34-2)10-8-16(17)13-18)24(32)30(25(33)28-26)15-22(31)29-11-12-35-23(29)20-5-3-4-6-21(20)27/h3-10,13-14,23H,11-12,15H2,1-2H3,(H,28,33)/t23-,26+/m0/s1. The van der Waals surface area contributed by atoms with Crippen molar-refractivity contribution in [3.05, 3.63) is 77.6 Å². The second kappa shape index (κ2) is 8.88. The van der Waals surface area contributed by atoms with Gasteiger partial charge < -0.3 is 15.0 Å². The molecular weight excluding hydrogens is 469 g/mol. The lowest BCUT2D eigenvalue weighted by Gasteiger charge is -2.26. The molecule has 2 fully saturated rings. The van der Waals surface area contributed by atoms with Gasteiger partial charge in [-0.2, -0.15) is 0 Å². The molecule has 7 nitrogen and oxygen atoms in total. The molecule has 1 N–H and O–H groups in total. The van der Waals surface area contributed by atoms with Crippen LogP contribution in [0.15, 0.2) is 60.7 Å². The van der Waals surface area contributed by atoms with Gasteiger partial charge in [-0.05, 0) is 47.5 Å². The van der Waals surface area contributed by atoms with E-state index in [4.69, 9.17) is 4.74 Å². The Morgan fingerprint density at radius 2 is 1.89 bits per heavy atom. The highest BCUT2D eigenvalue weighted by Crippen LogP contribution is 2.39. The van der Waals surface area contributed by atoms with Gasteiger partial charge in [0, 0.05) is 17.9 Å². The minimum atomic E-state index is -1.31. The number of amides is 4. The van der Waals surface area contributed by atoms with Gasteiger partial charge in [-0.1, -0.05) is 36.4 Å². The molecule has 2 aliphatic rings. The fraction of sp³-hybridized carbons (Fsp3) is 0.269. The summed E-state index contributed by atoms with van der Waals surface area (Å²) >= 11 is 1.46. The molecule has 3 aromatic rings. The van der Waals surface area contributed by atoms with Crippen LogP contribution < -0.4 is 10.1 Å². The molecule has 2 atom stereocenters. The number of fused-ring (bicyclic) bond motifs is 1. The van der Waals surface area contributed by atoms with Gasteiger partial charge in [0.15, 0.2) is 0 Å². The summed E-state index contributed by atoms with van der Waals surface area (Å²) in [6, 6.07) is 16.8. The molecule has 0 spiro atoms. The molecule has 0 aromatic heterocycles. The smallest absolute Gasteiger partial charge is 0.325 e. The zero-order valence-corrected chi connectivity index (χ0v) is 20.1. The number of thioether (sulfide) groups is 1. The summed E-state index contributed by atoms with van der Waals surface area (Å²) in [5, 5.41) is 4.09. The zero-order valence-electron chi connectivity index (χ0n) is 19.3. The number of benzene rings is 3. The van der Waals surface area contributed by atoms with E-state index in [1.54, 1.807) is 38.3 Å². The number of halogens is 1. The number of hydrogen-bond acceptors (Lipinski definition) is 5. The highest BCUT2D eigenvalue weighted by Gasteiger charge is 2.50. The van der Waals surface area contributed by atoms with Crippen molar-refractivity contribution in [3.8, 4) is 5.75 Å². The van der Waals surface area contributed by atoms with Crippen molar-refractivity contribution in [1.29, 1.82) is 0 Å². The first-order valence-electron chi connectivity index (χ1n) is 11.2. The molecule has 35 heavy (non-hydrogen) atoms. The van der Waals surface area contributed by atoms with Crippen LogP contribution >= 0.6 is 11.8 Å². The molecule has 0 unspecified atom stereocenters. The molecule has 2 aliphatic heterocycles. The first-order chi connectivity index (χ1) is 16.8. The number of carbonyl (C=O) groups is 3. The summed E-state index contributed by atoms with van der Waals surface area (Å²) in [6.07, 6.45) is 0. The van der Waals surface area contributed by atoms with Gasteiger partial charge in [0.05, 0.1) is 7.11 Å². The van der Waals surface area contributed by atoms with Crippen LogP contribution in [0, 0.1) is 5.82 Å². The summed E-state index contributed by atoms with van der Waals surface area (Å²) in [7, 11) is 1.60. The number of imide groups is 1. The zero-order chi connectivity index (χ0) is 24.7. The van der Waals surface area contributed by atoms with E-state index in [2.05, 4.69) is 5.32 Å². The van der Waals surface area contributed by atoms with Gasteiger partial charge in [0.2, 0.25) is 5.91 Å². The van der Waals surface area contributed by atoms with Gasteiger partial charge in [-0.25, -0.2) is 9.18 Å². The molecule has 9 heteroatoms. The van der Waals surface area contributed by atoms with Crippen LogP contribution in [-0.2, 0) is 15.1 Å². The number of rotatable bonds is 5. The van der Waals surface area contributed by atoms with Gasteiger partial charge >= 0.3 is 6.03 Å². The molecule has 2 saturated heterocycles. The predicted molar refractivity (Wildman–Crippen MR) is 131 cm³/mol. The van der Waals surface area contributed by atoms with Crippen LogP contribution in [0.1, 0.15) is 23.4 Å². The van der Waals surface area contributed by atoms with E-state index < -0.39 is 35.3 Å². The van der Waals surface area contributed by atoms with E-state index in [0.717, 1.165) is 21.4 Å². The summed E-state index contributed by atoms with van der Waals surface area (Å²) in [4.78, 5) is 41.9. The highest BCUT2D eigenvalue weighted by molar-refractivity contribution is 7.99. The number of ether oxygens (including phenoxy) is 1. The Bertz CT molecular complexity index is 1350. The number of nitrogens with one attached hydrogen (secondary N) is 1. The van der Waals surface area contributed by atoms with E-state index in [-0.39, 0.29) is 5.82 Å².